The van der Waals surface area contributed by atoms with Crippen LogP contribution in [0.15, 0.2) is 39.2 Å². The van der Waals surface area contributed by atoms with Crippen molar-refractivity contribution in [2.45, 2.75) is 151 Å². The number of fused-ring (bicyclic) bond motifs is 2. The van der Waals surface area contributed by atoms with E-state index in [0.717, 1.165) is 24.8 Å². The minimum Gasteiger partial charge on any atom is -0.480 e. The number of carboxylic acid groups (broad SMARTS) is 1. The smallest absolute Gasteiger partial charge is 0.326 e. The van der Waals surface area contributed by atoms with Crippen LogP contribution in [0.3, 0.4) is 0 Å². The number of aliphatic hydroxyl groups excluding tert-OH is 1. The van der Waals surface area contributed by atoms with Gasteiger partial charge >= 0.3 is 5.97 Å². The van der Waals surface area contributed by atoms with Crippen molar-refractivity contribution in [2.24, 2.45) is 61.0 Å². The third-order valence-corrected chi connectivity index (χ3v) is 16.0. The van der Waals surface area contributed by atoms with Gasteiger partial charge in [0.15, 0.2) is 17.9 Å². The van der Waals surface area contributed by atoms with Gasteiger partial charge in [-0.2, -0.15) is 0 Å². The number of likely N-dealkylation sites (tertiary alicyclic amines) is 2. The van der Waals surface area contributed by atoms with Gasteiger partial charge in [-0.25, -0.2) is 4.79 Å². The maximum absolute atomic E-state index is 15.4. The molecule has 28 heteroatoms. The summed E-state index contributed by atoms with van der Waals surface area (Å²) < 4.78 is 0. The lowest BCUT2D eigenvalue weighted by atomic mass is 9.84. The standard InChI is InChI=1S/C52H84N18O10/c1-2-23-68-30-67(48(80)52(68)18-25-66(26-19-52)44(75)35(14-8-21-61-50(56)57)64-42(73)34(53)13-7-20-60-49(54)55)28-40(72)63-37(29-71)45(76)69-24-17-31-10-3-5-12-33(31)41(69)46(77)70-38-16-6-4-11-32(38)27-39(70)43(74)65-36(47(78)79)15-9-22-62-51(58)59/h3,5,10,12,32,34-39,41,71H,2,4,6-9,11,13-30,53H2,1H3,(H,63,72)(H,64,73)(H,65,74)(H,78,79)(H4,54,55,60)(H4,56,57,61)(H4,58,59,62)/t32-,34+,35-,36-,37-,38-,39-,41+/m0/s1. The normalized spacial score (nSPS) is 22.0. The van der Waals surface area contributed by atoms with E-state index in [9.17, 15) is 43.8 Å². The molecule has 1 saturated carbocycles. The highest BCUT2D eigenvalue weighted by molar-refractivity contribution is 5.98. The van der Waals surface area contributed by atoms with Crippen molar-refractivity contribution < 1.29 is 48.6 Å². The summed E-state index contributed by atoms with van der Waals surface area (Å²) in [5.41, 5.74) is 39.1. The molecule has 1 aliphatic carbocycles. The van der Waals surface area contributed by atoms with Gasteiger partial charge in [0.05, 0.1) is 19.3 Å². The Bertz CT molecular complexity index is 2470. The van der Waals surface area contributed by atoms with Gasteiger partial charge in [0.1, 0.15) is 42.3 Å². The number of benzene rings is 1. The molecule has 7 amide bonds. The second-order valence-electron chi connectivity index (χ2n) is 21.5. The SMILES string of the molecule is CCCN1CN(CC(=O)N[C@@H](CO)C(=O)N2CCc3ccccc3[C@@H]2C(=O)N2[C@H](C(=O)N[C@@H](CCCN=C(N)N)C(=O)O)C[C@@H]3CCCC[C@@H]32)C(=O)C12CCN(C(=O)[C@H](CCCN=C(N)N)NC(=O)[C@H](N)CCCN=C(N)N)CC2. The highest BCUT2D eigenvalue weighted by Crippen LogP contribution is 2.43. The van der Waals surface area contributed by atoms with Crippen LogP contribution in [-0.4, -0.2) is 207 Å². The van der Waals surface area contributed by atoms with E-state index in [1.165, 1.54) is 9.80 Å². The first-order chi connectivity index (χ1) is 38.2. The Labute approximate surface area is 466 Å². The van der Waals surface area contributed by atoms with E-state index in [-0.39, 0.29) is 126 Å². The van der Waals surface area contributed by atoms with Crippen LogP contribution in [-0.2, 0) is 44.8 Å². The molecule has 0 radical (unpaired) electrons. The zero-order valence-electron chi connectivity index (χ0n) is 45.9. The first-order valence-corrected chi connectivity index (χ1v) is 27.9. The molecule has 1 aromatic rings. The van der Waals surface area contributed by atoms with E-state index < -0.39 is 90.4 Å². The van der Waals surface area contributed by atoms with Crippen LogP contribution in [0.1, 0.15) is 114 Å². The molecule has 0 aromatic heterocycles. The van der Waals surface area contributed by atoms with Gasteiger partial charge in [-0.15, -0.1) is 0 Å². The highest BCUT2D eigenvalue weighted by atomic mass is 16.4. The molecule has 442 valence electrons. The van der Waals surface area contributed by atoms with Crippen molar-refractivity contribution in [1.82, 2.24) is 40.4 Å². The number of aliphatic hydroxyl groups is 1. The number of aliphatic carboxylic acids is 1. The summed E-state index contributed by atoms with van der Waals surface area (Å²) in [4.78, 5) is 133. The monoisotopic (exact) mass is 1120 g/mol. The van der Waals surface area contributed by atoms with Gasteiger partial charge in [-0.1, -0.05) is 44.0 Å². The lowest BCUT2D eigenvalue weighted by Gasteiger charge is -2.43. The fraction of sp³-hybridized carbons (Fsp3) is 0.673. The van der Waals surface area contributed by atoms with Gasteiger partial charge in [0.2, 0.25) is 35.4 Å². The van der Waals surface area contributed by atoms with Crippen LogP contribution in [0.25, 0.3) is 0 Å². The maximum atomic E-state index is 15.4. The fourth-order valence-electron chi connectivity index (χ4n) is 12.1. The quantitative estimate of drug-likeness (QED) is 0.0240. The summed E-state index contributed by atoms with van der Waals surface area (Å²) in [6.45, 7) is 2.22. The number of carbonyl (C=O) groups is 8. The van der Waals surface area contributed by atoms with Crippen molar-refractivity contribution in [3.63, 3.8) is 0 Å². The molecule has 4 fully saturated rings. The van der Waals surface area contributed by atoms with Gasteiger partial charge in [0.25, 0.3) is 5.91 Å². The number of hydrogen-bond donors (Lipinski definition) is 12. The van der Waals surface area contributed by atoms with E-state index in [2.05, 4.69) is 30.9 Å². The van der Waals surface area contributed by atoms with Crippen molar-refractivity contribution in [1.29, 1.82) is 0 Å². The minimum absolute atomic E-state index is 0.0281. The van der Waals surface area contributed by atoms with Crippen molar-refractivity contribution in [2.75, 3.05) is 65.6 Å². The number of aliphatic imine (C=N–C) groups is 3. The molecule has 80 heavy (non-hydrogen) atoms. The molecule has 6 rings (SSSR count). The molecule has 4 aliphatic heterocycles. The summed E-state index contributed by atoms with van der Waals surface area (Å²) >= 11 is 0. The molecule has 19 N–H and O–H groups in total. The van der Waals surface area contributed by atoms with Gasteiger partial charge in [0, 0.05) is 51.9 Å². The number of hydrogen-bond acceptors (Lipinski definition) is 14. The third kappa shape index (κ3) is 15.3. The Kier molecular flexibility index (Phi) is 22.2. The number of rotatable bonds is 26. The van der Waals surface area contributed by atoms with Crippen LogP contribution in [0, 0.1) is 5.92 Å². The predicted molar refractivity (Wildman–Crippen MR) is 296 cm³/mol. The number of nitrogens with two attached hydrogens (primary N) is 7. The lowest BCUT2D eigenvalue weighted by molar-refractivity contribution is -0.153. The number of guanidine groups is 3. The predicted octanol–water partition coefficient (Wildman–Crippen LogP) is -3.84. The molecular weight excluding hydrogens is 1040 g/mol. The summed E-state index contributed by atoms with van der Waals surface area (Å²) in [5, 5.41) is 29.0. The first kappa shape index (κ1) is 61.9. The Morgan fingerprint density at radius 1 is 0.775 bits per heavy atom. The Morgan fingerprint density at radius 3 is 2.00 bits per heavy atom. The van der Waals surface area contributed by atoms with Crippen LogP contribution >= 0.6 is 0 Å². The van der Waals surface area contributed by atoms with Gasteiger partial charge < -0.3 is 85.9 Å². The lowest BCUT2D eigenvalue weighted by Crippen LogP contribution is -2.60. The number of amides is 7. The zero-order valence-corrected chi connectivity index (χ0v) is 45.9. The van der Waals surface area contributed by atoms with E-state index in [1.54, 1.807) is 21.9 Å². The largest absolute Gasteiger partial charge is 0.480 e. The average Bonchev–Trinajstić information content (AvgIpc) is 4.17. The molecule has 1 aromatic carbocycles. The summed E-state index contributed by atoms with van der Waals surface area (Å²) in [6.07, 6.45) is 6.35. The third-order valence-electron chi connectivity index (χ3n) is 16.0. The Balaban J connectivity index is 1.14. The second-order valence-corrected chi connectivity index (χ2v) is 21.5. The first-order valence-electron chi connectivity index (χ1n) is 27.9. The maximum Gasteiger partial charge on any atom is 0.326 e. The molecule has 1 spiro atoms. The van der Waals surface area contributed by atoms with E-state index in [0.29, 0.717) is 50.6 Å². The summed E-state index contributed by atoms with van der Waals surface area (Å²) in [5.74, 6) is -5.51. The minimum atomic E-state index is -1.53. The van der Waals surface area contributed by atoms with E-state index in [1.807, 2.05) is 24.0 Å². The van der Waals surface area contributed by atoms with Gasteiger partial charge in [-0.05, 0) is 101 Å². The molecule has 28 nitrogen and oxygen atoms in total. The Hall–Kier alpha value is -7.33. The van der Waals surface area contributed by atoms with Crippen molar-refractivity contribution in [3.05, 3.63) is 35.4 Å². The molecule has 0 unspecified atom stereocenters. The molecular formula is C52H84N18O10. The van der Waals surface area contributed by atoms with Crippen molar-refractivity contribution >= 4 is 65.2 Å². The van der Waals surface area contributed by atoms with Crippen molar-refractivity contribution in [3.8, 4) is 0 Å². The topological polar surface area (TPSA) is 449 Å². The molecule has 3 saturated heterocycles. The van der Waals surface area contributed by atoms with Crippen LogP contribution in [0.4, 0.5) is 0 Å². The molecule has 5 aliphatic rings. The van der Waals surface area contributed by atoms with Crippen LogP contribution in [0.5, 0.6) is 0 Å². The second kappa shape index (κ2) is 28.7. The number of nitrogens with one attached hydrogen (secondary N) is 3. The summed E-state index contributed by atoms with van der Waals surface area (Å²) in [6, 6.07) is -0.222. The molecule has 0 bridgehead atoms. The summed E-state index contributed by atoms with van der Waals surface area (Å²) in [7, 11) is 0. The van der Waals surface area contributed by atoms with Crippen LogP contribution in [0.2, 0.25) is 0 Å². The number of piperidine rings is 1. The Morgan fingerprint density at radius 2 is 1.39 bits per heavy atom. The van der Waals surface area contributed by atoms with E-state index in [4.69, 9.17) is 40.1 Å². The molecule has 4 heterocycles. The number of carbonyl (C=O) groups excluding carboxylic acids is 7. The number of nitrogens with zero attached hydrogens (tertiary/aromatic N) is 8. The average molecular weight is 1120 g/mol. The fourth-order valence-corrected chi connectivity index (χ4v) is 12.1. The number of carboxylic acids is 1. The van der Waals surface area contributed by atoms with Gasteiger partial charge in [-0.3, -0.25) is 53.4 Å². The molecule has 8 atom stereocenters. The zero-order chi connectivity index (χ0) is 58.3. The van der Waals surface area contributed by atoms with E-state index >= 15 is 4.79 Å². The van der Waals surface area contributed by atoms with Crippen LogP contribution < -0.4 is 56.1 Å². The highest BCUT2D eigenvalue weighted by Gasteiger charge is 2.55.